The van der Waals surface area contributed by atoms with Gasteiger partial charge in [-0.3, -0.25) is 0 Å². The van der Waals surface area contributed by atoms with E-state index in [0.717, 1.165) is 25.7 Å². The van der Waals surface area contributed by atoms with Gasteiger partial charge in [-0.2, -0.15) is 5.10 Å². The minimum absolute atomic E-state index is 0.0330. The predicted molar refractivity (Wildman–Crippen MR) is 62.7 cm³/mol. The monoisotopic (exact) mass is 250 g/mol. The van der Waals surface area contributed by atoms with E-state index in [1.54, 1.807) is 0 Å². The van der Waals surface area contributed by atoms with Gasteiger partial charge in [-0.15, -0.1) is 13.2 Å². The lowest BCUT2D eigenvalue weighted by molar-refractivity contribution is -0.156. The molecule has 0 unspecified atom stereocenters. The van der Waals surface area contributed by atoms with Gasteiger partial charge in [0.05, 0.1) is 0 Å². The molecule has 0 aromatic rings. The first kappa shape index (κ1) is 14.3. The molecule has 2 nitrogen and oxygen atoms in total. The van der Waals surface area contributed by atoms with Gasteiger partial charge in [0.1, 0.15) is 0 Å². The van der Waals surface area contributed by atoms with E-state index in [4.69, 9.17) is 0 Å². The Labute approximate surface area is 101 Å². The van der Waals surface area contributed by atoms with Crippen molar-refractivity contribution in [3.63, 3.8) is 0 Å². The van der Waals surface area contributed by atoms with E-state index in [2.05, 4.69) is 5.10 Å². The number of rotatable bonds is 3. The van der Waals surface area contributed by atoms with E-state index in [0.29, 0.717) is 12.1 Å². The Morgan fingerprint density at radius 2 is 1.71 bits per heavy atom. The molecule has 0 radical (unpaired) electrons. The van der Waals surface area contributed by atoms with E-state index in [-0.39, 0.29) is 11.3 Å². The molecule has 0 aromatic heterocycles. The second kappa shape index (κ2) is 5.27. The fourth-order valence-electron chi connectivity index (χ4n) is 2.21. The van der Waals surface area contributed by atoms with Gasteiger partial charge in [0, 0.05) is 5.71 Å². The SMILES string of the molecule is CC(C)(C)C/C(=N\NC(F)(F)F)C1CCCC1. The molecule has 1 rings (SSSR count). The molecule has 0 atom stereocenters. The predicted octanol–water partition coefficient (Wildman–Crippen LogP) is 4.08. The molecule has 0 bridgehead atoms. The number of alkyl halides is 3. The largest absolute Gasteiger partial charge is 0.497 e. The highest BCUT2D eigenvalue weighted by Gasteiger charge is 2.29. The Kier molecular flexibility index (Phi) is 4.44. The van der Waals surface area contributed by atoms with Crippen LogP contribution in [0.15, 0.2) is 5.10 Å². The number of hydrogen-bond acceptors (Lipinski definition) is 2. The Bertz CT molecular complexity index is 270. The van der Waals surface area contributed by atoms with Gasteiger partial charge in [-0.05, 0) is 30.6 Å². The summed E-state index contributed by atoms with van der Waals surface area (Å²) in [5.74, 6) is 0.226. The maximum Gasteiger partial charge on any atom is 0.497 e. The zero-order chi connectivity index (χ0) is 13.1. The lowest BCUT2D eigenvalue weighted by Gasteiger charge is -2.23. The van der Waals surface area contributed by atoms with E-state index < -0.39 is 6.30 Å². The summed E-state index contributed by atoms with van der Waals surface area (Å²) in [5.41, 5.74) is 1.95. The summed E-state index contributed by atoms with van der Waals surface area (Å²) < 4.78 is 36.4. The van der Waals surface area contributed by atoms with Crippen LogP contribution in [0.2, 0.25) is 0 Å². The Balaban J connectivity index is 2.71. The number of hydrogen-bond donors (Lipinski definition) is 1. The maximum atomic E-state index is 12.1. The average Bonchev–Trinajstić information content (AvgIpc) is 2.61. The second-order valence-electron chi connectivity index (χ2n) is 5.93. The molecule has 1 N–H and O–H groups in total. The van der Waals surface area contributed by atoms with Crippen LogP contribution < -0.4 is 5.43 Å². The summed E-state index contributed by atoms with van der Waals surface area (Å²) >= 11 is 0. The quantitative estimate of drug-likeness (QED) is 0.455. The molecule has 1 aliphatic carbocycles. The molecule has 0 heterocycles. The molecule has 0 aromatic carbocycles. The number of hydrazone groups is 1. The minimum atomic E-state index is -4.43. The topological polar surface area (TPSA) is 24.4 Å². The Morgan fingerprint density at radius 1 is 1.18 bits per heavy atom. The summed E-state index contributed by atoms with van der Waals surface area (Å²) in [4.78, 5) is 0. The van der Waals surface area contributed by atoms with Gasteiger partial charge in [0.25, 0.3) is 0 Å². The molecule has 1 fully saturated rings. The average molecular weight is 250 g/mol. The van der Waals surface area contributed by atoms with Crippen molar-refractivity contribution in [2.24, 2.45) is 16.4 Å². The van der Waals surface area contributed by atoms with Gasteiger partial charge in [0.2, 0.25) is 0 Å². The molecule has 0 spiro atoms. The molecule has 100 valence electrons. The molecule has 0 aliphatic heterocycles. The van der Waals surface area contributed by atoms with Crippen LogP contribution in [0.5, 0.6) is 0 Å². The van der Waals surface area contributed by atoms with Crippen molar-refractivity contribution in [1.29, 1.82) is 0 Å². The van der Waals surface area contributed by atoms with Crippen LogP contribution in [0.3, 0.4) is 0 Å². The van der Waals surface area contributed by atoms with E-state index >= 15 is 0 Å². The molecule has 0 amide bonds. The second-order valence-corrected chi connectivity index (χ2v) is 5.93. The molecule has 0 saturated heterocycles. The molecule has 5 heteroatoms. The van der Waals surface area contributed by atoms with Crippen LogP contribution in [-0.2, 0) is 0 Å². The lowest BCUT2D eigenvalue weighted by atomic mass is 9.84. The van der Waals surface area contributed by atoms with E-state index in [9.17, 15) is 13.2 Å². The van der Waals surface area contributed by atoms with Crippen molar-refractivity contribution in [3.8, 4) is 0 Å². The lowest BCUT2D eigenvalue weighted by Crippen LogP contribution is -2.30. The summed E-state index contributed by atoms with van der Waals surface area (Å²) in [6.45, 7) is 6.06. The fraction of sp³-hybridized carbons (Fsp3) is 0.917. The van der Waals surface area contributed by atoms with Gasteiger partial charge < -0.3 is 0 Å². The Hall–Kier alpha value is -0.740. The number of nitrogens with zero attached hydrogens (tertiary/aromatic N) is 1. The highest BCUT2D eigenvalue weighted by atomic mass is 19.4. The van der Waals surface area contributed by atoms with Crippen molar-refractivity contribution in [2.75, 3.05) is 0 Å². The third-order valence-corrected chi connectivity index (χ3v) is 2.86. The van der Waals surface area contributed by atoms with E-state index in [1.165, 1.54) is 5.43 Å². The van der Waals surface area contributed by atoms with Crippen LogP contribution >= 0.6 is 0 Å². The third-order valence-electron chi connectivity index (χ3n) is 2.86. The highest BCUT2D eigenvalue weighted by Crippen LogP contribution is 2.31. The van der Waals surface area contributed by atoms with Crippen molar-refractivity contribution in [1.82, 2.24) is 5.43 Å². The number of halogens is 3. The van der Waals surface area contributed by atoms with Gasteiger partial charge in [0.15, 0.2) is 0 Å². The zero-order valence-electron chi connectivity index (χ0n) is 10.7. The van der Waals surface area contributed by atoms with Gasteiger partial charge >= 0.3 is 6.30 Å². The van der Waals surface area contributed by atoms with Crippen LogP contribution in [0.25, 0.3) is 0 Å². The van der Waals surface area contributed by atoms with E-state index in [1.807, 2.05) is 20.8 Å². The molecular weight excluding hydrogens is 229 g/mol. The highest BCUT2D eigenvalue weighted by molar-refractivity contribution is 5.87. The van der Waals surface area contributed by atoms with Crippen LogP contribution in [0.1, 0.15) is 52.9 Å². The van der Waals surface area contributed by atoms with Crippen LogP contribution in [-0.4, -0.2) is 12.0 Å². The standard InChI is InChI=1S/C12H21F3N2/c1-11(2,3)8-10(9-6-4-5-7-9)16-17-12(13,14)15/h9,17H,4-8H2,1-3H3/b16-10+. The van der Waals surface area contributed by atoms with Crippen molar-refractivity contribution in [3.05, 3.63) is 0 Å². The van der Waals surface area contributed by atoms with Crippen LogP contribution in [0, 0.1) is 11.3 Å². The molecule has 1 saturated carbocycles. The maximum absolute atomic E-state index is 12.1. The number of nitrogens with one attached hydrogen (secondary N) is 1. The van der Waals surface area contributed by atoms with Gasteiger partial charge in [-0.1, -0.05) is 33.6 Å². The van der Waals surface area contributed by atoms with Crippen LogP contribution in [0.4, 0.5) is 13.2 Å². The first-order valence-corrected chi connectivity index (χ1v) is 6.08. The molecule has 17 heavy (non-hydrogen) atoms. The van der Waals surface area contributed by atoms with Crippen molar-refractivity contribution in [2.45, 2.75) is 59.2 Å². The molecular formula is C12H21F3N2. The third kappa shape index (κ3) is 5.94. The first-order valence-electron chi connectivity index (χ1n) is 6.08. The summed E-state index contributed by atoms with van der Waals surface area (Å²) in [6.07, 6.45) is 0.311. The first-order chi connectivity index (χ1) is 7.67. The summed E-state index contributed by atoms with van der Waals surface area (Å²) in [5, 5.41) is 3.60. The molecule has 1 aliphatic rings. The normalized spacial score (nSPS) is 19.8. The Morgan fingerprint density at radius 3 is 2.12 bits per heavy atom. The van der Waals surface area contributed by atoms with Crippen molar-refractivity contribution < 1.29 is 13.2 Å². The summed E-state index contributed by atoms with van der Waals surface area (Å²) in [6, 6.07) is 0. The summed E-state index contributed by atoms with van der Waals surface area (Å²) in [7, 11) is 0. The van der Waals surface area contributed by atoms with Crippen molar-refractivity contribution >= 4 is 5.71 Å². The van der Waals surface area contributed by atoms with Gasteiger partial charge in [-0.25, -0.2) is 5.43 Å². The zero-order valence-corrected chi connectivity index (χ0v) is 10.7. The minimum Gasteiger partial charge on any atom is -0.218 e. The smallest absolute Gasteiger partial charge is 0.218 e. The fourth-order valence-corrected chi connectivity index (χ4v) is 2.21.